The summed E-state index contributed by atoms with van der Waals surface area (Å²) in [6, 6.07) is 5.27. The number of hydrogen-bond donors (Lipinski definition) is 0. The number of hydrogen-bond acceptors (Lipinski definition) is 2. The maximum atomic E-state index is 3.57. The molecule has 0 amide bonds. The van der Waals surface area contributed by atoms with Crippen molar-refractivity contribution in [3.8, 4) is 0 Å². The average Bonchev–Trinajstić information content (AvgIpc) is 3.47. The molecule has 0 aliphatic heterocycles. The van der Waals surface area contributed by atoms with Crippen molar-refractivity contribution in [2.75, 3.05) is 0 Å². The van der Waals surface area contributed by atoms with Gasteiger partial charge in [0.1, 0.15) is 0 Å². The van der Waals surface area contributed by atoms with E-state index in [0.717, 1.165) is 137 Å². The van der Waals surface area contributed by atoms with E-state index in [1.54, 1.807) is 77.0 Å². The average molecular weight is 1020 g/mol. The van der Waals surface area contributed by atoms with Crippen molar-refractivity contribution in [1.29, 1.82) is 0 Å². The van der Waals surface area contributed by atoms with Crippen LogP contribution in [0.25, 0.3) is 0 Å². The van der Waals surface area contributed by atoms with Gasteiger partial charge in [-0.2, -0.15) is 0 Å². The summed E-state index contributed by atoms with van der Waals surface area (Å²) < 4.78 is 0. The highest BCUT2D eigenvalue weighted by atomic mass is 15.2. The molecule has 13 aliphatic carbocycles. The molecular weight excluding hydrogens is 905 g/mol. The summed E-state index contributed by atoms with van der Waals surface area (Å²) in [5.74, 6) is 16.6. The summed E-state index contributed by atoms with van der Waals surface area (Å²) in [4.78, 5) is 7.04. The van der Waals surface area contributed by atoms with Crippen LogP contribution >= 0.6 is 0 Å². The first-order valence-corrected chi connectivity index (χ1v) is 35.7. The van der Waals surface area contributed by atoms with Gasteiger partial charge in [0.15, 0.2) is 0 Å². The molecule has 0 bridgehead atoms. The number of fused-ring (bicyclic) bond motifs is 4. The standard InChI is InChI=1S/C73H118N2/c1-51-27-41-58(42-28-51)74(59-43-35-55(36-44-59)32-29-52-15-5-2-6-16-52)69-50-49-67-70-62(23-13-25-66(69)70)63-24-14-26-68-72(63)71(67)64-21-11-12-22-65(64)73(68)75(60-45-37-56(38-46-60)33-30-53-17-7-3-8-18-53)61-47-39-57(40-48-61)34-31-54-19-9-4-10-20-54/h29-34,51-73H,2-28,35-50H2,1H3/b32-29+,33-30+,34-31+. The van der Waals surface area contributed by atoms with Crippen molar-refractivity contribution in [1.82, 2.24) is 9.80 Å². The first kappa shape index (κ1) is 53.5. The zero-order valence-corrected chi connectivity index (χ0v) is 49.0. The van der Waals surface area contributed by atoms with E-state index in [0.29, 0.717) is 0 Å². The zero-order valence-electron chi connectivity index (χ0n) is 49.0. The summed E-state index contributed by atoms with van der Waals surface area (Å²) in [5, 5.41) is 0. The lowest BCUT2D eigenvalue weighted by Gasteiger charge is -2.70. The van der Waals surface area contributed by atoms with E-state index in [2.05, 4.69) is 53.2 Å². The van der Waals surface area contributed by atoms with Gasteiger partial charge in [-0.3, -0.25) is 9.80 Å². The maximum absolute atomic E-state index is 3.57. The SMILES string of the molecule is CC1CCC(N(C2CCC(/C=C/C3CCCCC3)CC2)C2CCC3C4C(CCCC42)C2CCCC4C2C3C2CCCCC2C4N(C2CCC(/C=C/C3CCCCC3)CC2)C2CCC(/C=C/C3CCCCC3)CC2)CC1. The van der Waals surface area contributed by atoms with Gasteiger partial charge in [0.05, 0.1) is 0 Å². The predicted molar refractivity (Wildman–Crippen MR) is 317 cm³/mol. The minimum absolute atomic E-state index is 0.855. The molecule has 0 aromatic heterocycles. The van der Waals surface area contributed by atoms with Gasteiger partial charge < -0.3 is 0 Å². The smallest absolute Gasteiger partial charge is 0.0163 e. The third-order valence-electron chi connectivity index (χ3n) is 27.2. The zero-order chi connectivity index (χ0) is 50.1. The van der Waals surface area contributed by atoms with E-state index in [4.69, 9.17) is 0 Å². The normalized spacial score (nSPS) is 46.8. The van der Waals surface area contributed by atoms with Crippen molar-refractivity contribution < 1.29 is 0 Å². The molecule has 2 nitrogen and oxygen atoms in total. The Morgan fingerprint density at radius 1 is 0.227 bits per heavy atom. The highest BCUT2D eigenvalue weighted by Crippen LogP contribution is 2.69. The fourth-order valence-corrected chi connectivity index (χ4v) is 23.8. The molecule has 420 valence electrons. The molecule has 0 heterocycles. The molecule has 0 radical (unpaired) electrons. The Balaban J connectivity index is 0.765. The van der Waals surface area contributed by atoms with Crippen LogP contribution in [0.3, 0.4) is 0 Å². The maximum Gasteiger partial charge on any atom is 0.0163 e. The fraction of sp³-hybridized carbons (Fsp3) is 0.918. The molecule has 13 fully saturated rings. The van der Waals surface area contributed by atoms with E-state index >= 15 is 0 Å². The lowest BCUT2D eigenvalue weighted by molar-refractivity contribution is -0.216. The number of nitrogens with zero attached hydrogens (tertiary/aromatic N) is 2. The molecular formula is C73H118N2. The molecule has 13 aliphatic rings. The van der Waals surface area contributed by atoms with Crippen LogP contribution in [0, 0.1) is 101 Å². The first-order chi connectivity index (χ1) is 37.1. The molecule has 0 spiro atoms. The Hall–Kier alpha value is -0.860. The van der Waals surface area contributed by atoms with Crippen LogP contribution in [0.5, 0.6) is 0 Å². The van der Waals surface area contributed by atoms with Crippen LogP contribution in [-0.4, -0.2) is 46.1 Å². The van der Waals surface area contributed by atoms with Gasteiger partial charge in [-0.1, -0.05) is 127 Å². The quantitative estimate of drug-likeness (QED) is 0.180. The Morgan fingerprint density at radius 2 is 0.560 bits per heavy atom. The summed E-state index contributed by atoms with van der Waals surface area (Å²) in [5.41, 5.74) is 0. The monoisotopic (exact) mass is 1020 g/mol. The van der Waals surface area contributed by atoms with Crippen molar-refractivity contribution >= 4 is 0 Å². The summed E-state index contributed by atoms with van der Waals surface area (Å²) in [6.07, 6.45) is 81.7. The van der Waals surface area contributed by atoms with Crippen molar-refractivity contribution in [2.45, 2.75) is 319 Å². The lowest BCUT2D eigenvalue weighted by atomic mass is 9.38. The highest BCUT2D eigenvalue weighted by Gasteiger charge is 2.66. The van der Waals surface area contributed by atoms with Crippen molar-refractivity contribution in [3.63, 3.8) is 0 Å². The summed E-state index contributed by atoms with van der Waals surface area (Å²) in [7, 11) is 0. The van der Waals surface area contributed by atoms with Crippen LogP contribution in [0.1, 0.15) is 283 Å². The van der Waals surface area contributed by atoms with Crippen LogP contribution in [-0.2, 0) is 0 Å². The summed E-state index contributed by atoms with van der Waals surface area (Å²) in [6.45, 7) is 2.59. The second-order valence-corrected chi connectivity index (χ2v) is 31.0. The van der Waals surface area contributed by atoms with Crippen molar-refractivity contribution in [2.24, 2.45) is 101 Å². The Morgan fingerprint density at radius 3 is 1.04 bits per heavy atom. The largest absolute Gasteiger partial charge is 0.294 e. The van der Waals surface area contributed by atoms with Crippen LogP contribution in [0.2, 0.25) is 0 Å². The van der Waals surface area contributed by atoms with Gasteiger partial charge in [0, 0.05) is 36.3 Å². The Labute approximate surface area is 463 Å². The molecule has 12 unspecified atom stereocenters. The molecule has 12 atom stereocenters. The second-order valence-electron chi connectivity index (χ2n) is 31.0. The van der Waals surface area contributed by atoms with Gasteiger partial charge in [-0.25, -0.2) is 0 Å². The lowest BCUT2D eigenvalue weighted by Crippen LogP contribution is -2.69. The van der Waals surface area contributed by atoms with E-state index in [1.807, 2.05) is 0 Å². The molecule has 0 aromatic carbocycles. The molecule has 2 heteroatoms. The highest BCUT2D eigenvalue weighted by molar-refractivity contribution is 5.16. The van der Waals surface area contributed by atoms with Crippen LogP contribution in [0.4, 0.5) is 0 Å². The van der Waals surface area contributed by atoms with E-state index in [1.165, 1.54) is 199 Å². The number of rotatable bonds is 12. The predicted octanol–water partition coefficient (Wildman–Crippen LogP) is 19.9. The molecule has 0 N–H and O–H groups in total. The molecule has 13 saturated carbocycles. The minimum Gasteiger partial charge on any atom is -0.294 e. The molecule has 0 aromatic rings. The third kappa shape index (κ3) is 11.7. The van der Waals surface area contributed by atoms with Gasteiger partial charge in [-0.15, -0.1) is 0 Å². The van der Waals surface area contributed by atoms with Crippen LogP contribution in [0.15, 0.2) is 36.5 Å². The number of allylic oxidation sites excluding steroid dienone is 6. The third-order valence-corrected chi connectivity index (χ3v) is 27.2. The van der Waals surface area contributed by atoms with Gasteiger partial charge in [0.2, 0.25) is 0 Å². The fourth-order valence-electron chi connectivity index (χ4n) is 23.8. The van der Waals surface area contributed by atoms with Gasteiger partial charge >= 0.3 is 0 Å². The Kier molecular flexibility index (Phi) is 17.9. The molecule has 0 saturated heterocycles. The minimum atomic E-state index is 0.855. The van der Waals surface area contributed by atoms with Crippen LogP contribution < -0.4 is 0 Å². The van der Waals surface area contributed by atoms with E-state index < -0.39 is 0 Å². The molecule has 13 rings (SSSR count). The Bertz CT molecular complexity index is 1780. The van der Waals surface area contributed by atoms with E-state index in [9.17, 15) is 0 Å². The van der Waals surface area contributed by atoms with E-state index in [-0.39, 0.29) is 0 Å². The van der Waals surface area contributed by atoms with Crippen molar-refractivity contribution in [3.05, 3.63) is 36.5 Å². The second kappa shape index (κ2) is 25.1. The molecule has 75 heavy (non-hydrogen) atoms. The summed E-state index contributed by atoms with van der Waals surface area (Å²) >= 11 is 0. The topological polar surface area (TPSA) is 6.48 Å². The first-order valence-electron chi connectivity index (χ1n) is 35.7. The van der Waals surface area contributed by atoms with Gasteiger partial charge in [0.25, 0.3) is 0 Å². The van der Waals surface area contributed by atoms with Gasteiger partial charge in [-0.05, 0) is 293 Å².